The molecule has 13 aromatic rings. The average Bonchev–Trinajstić information content (AvgIpc) is 4.00. The summed E-state index contributed by atoms with van der Waals surface area (Å²) in [5, 5.41) is 7.30. The second kappa shape index (κ2) is 14.0. The molecule has 9 aromatic carbocycles. The molecule has 294 valence electrons. The summed E-state index contributed by atoms with van der Waals surface area (Å²) in [5.74, 6) is 0.701. The van der Waals surface area contributed by atoms with E-state index in [1.165, 1.54) is 54.4 Å². The van der Waals surface area contributed by atoms with Crippen molar-refractivity contribution in [3.05, 3.63) is 224 Å². The predicted octanol–water partition coefficient (Wildman–Crippen LogP) is 14.8. The zero-order valence-corrected chi connectivity index (χ0v) is 34.1. The number of aromatic nitrogens is 5. The fraction of sp³-hybridized carbons (Fsp3) is 0. The number of fused-ring (bicyclic) bond motifs is 10. The van der Waals surface area contributed by atoms with E-state index in [1.807, 2.05) is 24.3 Å². The summed E-state index contributed by atoms with van der Waals surface area (Å²) in [6.07, 6.45) is 0. The van der Waals surface area contributed by atoms with Crippen LogP contribution < -0.4 is 0 Å². The van der Waals surface area contributed by atoms with Crippen LogP contribution in [0.3, 0.4) is 0 Å². The molecule has 0 unspecified atom stereocenters. The van der Waals surface area contributed by atoms with Crippen molar-refractivity contribution in [3.63, 3.8) is 0 Å². The predicted molar refractivity (Wildman–Crippen MR) is 261 cm³/mol. The first-order valence-corrected chi connectivity index (χ1v) is 21.4. The fourth-order valence-corrected chi connectivity index (χ4v) is 9.86. The number of benzene rings is 9. The number of rotatable bonds is 6. The standard InChI is InChI=1S/C58H37N5/c1-5-17-38(18-6-1)49-37-50(60-58(59-49)39-19-7-2-8-20-39)40-29-31-45-48-36-43(30-33-53(48)62(55(45)35-40)42-23-11-4-12-24-42)63-51-27-15-13-25-44(51)46-32-34-54-56(57(46)63)47-26-14-16-28-52(47)61(54)41-21-9-3-10-22-41/h1-37H. The molecule has 5 nitrogen and oxygen atoms in total. The largest absolute Gasteiger partial charge is 0.309 e. The third kappa shape index (κ3) is 5.50. The maximum Gasteiger partial charge on any atom is 0.160 e. The van der Waals surface area contributed by atoms with Crippen LogP contribution in [0.5, 0.6) is 0 Å². The molecule has 4 heterocycles. The zero-order valence-electron chi connectivity index (χ0n) is 34.1. The van der Waals surface area contributed by atoms with Crippen LogP contribution in [-0.2, 0) is 0 Å². The van der Waals surface area contributed by atoms with E-state index in [2.05, 4.69) is 214 Å². The van der Waals surface area contributed by atoms with Crippen LogP contribution in [0, 0.1) is 0 Å². The highest BCUT2D eigenvalue weighted by Gasteiger charge is 2.22. The Hall–Kier alpha value is -8.54. The fourth-order valence-electron chi connectivity index (χ4n) is 9.86. The summed E-state index contributed by atoms with van der Waals surface area (Å²) in [6.45, 7) is 0. The summed E-state index contributed by atoms with van der Waals surface area (Å²) in [6, 6.07) is 80.2. The van der Waals surface area contributed by atoms with Gasteiger partial charge in [-0.15, -0.1) is 0 Å². The van der Waals surface area contributed by atoms with Gasteiger partial charge in [0.2, 0.25) is 0 Å². The number of nitrogens with zero attached hydrogens (tertiary/aromatic N) is 5. The SMILES string of the molecule is c1ccc(-c2cc(-c3ccc4c5cc(-n6c7ccccc7c7ccc8c(c9ccccc9n8-c8ccccc8)c76)ccc5n(-c5ccccc5)c4c3)nc(-c3ccccc3)n2)cc1. The molecule has 5 heteroatoms. The molecule has 0 aliphatic carbocycles. The Kier molecular flexibility index (Phi) is 7.84. The molecule has 0 radical (unpaired) electrons. The second-order valence-corrected chi connectivity index (χ2v) is 16.2. The van der Waals surface area contributed by atoms with Gasteiger partial charge in [0.15, 0.2) is 5.82 Å². The first kappa shape index (κ1) is 35.2. The van der Waals surface area contributed by atoms with Gasteiger partial charge < -0.3 is 13.7 Å². The lowest BCUT2D eigenvalue weighted by Gasteiger charge is -2.12. The van der Waals surface area contributed by atoms with Gasteiger partial charge in [-0.2, -0.15) is 0 Å². The number of hydrogen-bond acceptors (Lipinski definition) is 2. The van der Waals surface area contributed by atoms with Crippen LogP contribution >= 0.6 is 0 Å². The van der Waals surface area contributed by atoms with Gasteiger partial charge in [0.25, 0.3) is 0 Å². The first-order chi connectivity index (χ1) is 31.3. The normalized spacial score (nSPS) is 11.8. The van der Waals surface area contributed by atoms with Crippen LogP contribution in [0.25, 0.3) is 116 Å². The van der Waals surface area contributed by atoms with Crippen molar-refractivity contribution in [2.45, 2.75) is 0 Å². The third-order valence-corrected chi connectivity index (χ3v) is 12.6. The second-order valence-electron chi connectivity index (χ2n) is 16.2. The summed E-state index contributed by atoms with van der Waals surface area (Å²) in [7, 11) is 0. The van der Waals surface area contributed by atoms with Gasteiger partial charge >= 0.3 is 0 Å². The van der Waals surface area contributed by atoms with E-state index in [-0.39, 0.29) is 0 Å². The minimum absolute atomic E-state index is 0.701. The van der Waals surface area contributed by atoms with Crippen molar-refractivity contribution in [1.29, 1.82) is 0 Å². The zero-order chi connectivity index (χ0) is 41.4. The molecule has 13 rings (SSSR count). The van der Waals surface area contributed by atoms with E-state index in [4.69, 9.17) is 9.97 Å². The van der Waals surface area contributed by atoms with Gasteiger partial charge in [-0.3, -0.25) is 0 Å². The minimum atomic E-state index is 0.701. The Morgan fingerprint density at radius 1 is 0.270 bits per heavy atom. The number of hydrogen-bond donors (Lipinski definition) is 0. The summed E-state index contributed by atoms with van der Waals surface area (Å²) in [4.78, 5) is 10.3. The van der Waals surface area contributed by atoms with E-state index >= 15 is 0 Å². The van der Waals surface area contributed by atoms with Crippen LogP contribution in [0.1, 0.15) is 0 Å². The van der Waals surface area contributed by atoms with Crippen molar-refractivity contribution in [2.24, 2.45) is 0 Å². The molecular formula is C58H37N5. The summed E-state index contributed by atoms with van der Waals surface area (Å²) in [5.41, 5.74) is 15.2. The molecule has 0 saturated carbocycles. The van der Waals surface area contributed by atoms with Crippen molar-refractivity contribution < 1.29 is 0 Å². The molecule has 0 bridgehead atoms. The molecule has 0 fully saturated rings. The van der Waals surface area contributed by atoms with Crippen LogP contribution in [0.4, 0.5) is 0 Å². The lowest BCUT2D eigenvalue weighted by atomic mass is 10.0. The van der Waals surface area contributed by atoms with E-state index in [0.717, 1.165) is 56.2 Å². The molecular weight excluding hydrogens is 767 g/mol. The molecule has 0 N–H and O–H groups in total. The van der Waals surface area contributed by atoms with Crippen molar-refractivity contribution in [1.82, 2.24) is 23.7 Å². The van der Waals surface area contributed by atoms with Crippen LogP contribution in [0.2, 0.25) is 0 Å². The van der Waals surface area contributed by atoms with Gasteiger partial charge in [-0.1, -0.05) is 152 Å². The first-order valence-electron chi connectivity index (χ1n) is 21.4. The maximum absolute atomic E-state index is 5.21. The summed E-state index contributed by atoms with van der Waals surface area (Å²) >= 11 is 0. The van der Waals surface area contributed by atoms with Crippen molar-refractivity contribution in [3.8, 4) is 51.0 Å². The highest BCUT2D eigenvalue weighted by atomic mass is 15.0. The molecule has 0 aliphatic rings. The molecule has 63 heavy (non-hydrogen) atoms. The lowest BCUT2D eigenvalue weighted by Crippen LogP contribution is -1.97. The molecule has 0 saturated heterocycles. The van der Waals surface area contributed by atoms with Crippen molar-refractivity contribution in [2.75, 3.05) is 0 Å². The molecule has 0 atom stereocenters. The van der Waals surface area contributed by atoms with Gasteiger partial charge in [0, 0.05) is 66.1 Å². The Balaban J connectivity index is 1.07. The lowest BCUT2D eigenvalue weighted by molar-refractivity contribution is 1.16. The summed E-state index contributed by atoms with van der Waals surface area (Å²) < 4.78 is 7.29. The average molecular weight is 804 g/mol. The molecule has 0 spiro atoms. The van der Waals surface area contributed by atoms with Gasteiger partial charge in [-0.05, 0) is 72.8 Å². The van der Waals surface area contributed by atoms with Gasteiger partial charge in [-0.25, -0.2) is 9.97 Å². The topological polar surface area (TPSA) is 40.6 Å². The number of para-hydroxylation sites is 4. The molecule has 0 aliphatic heterocycles. The quantitative estimate of drug-likeness (QED) is 0.168. The van der Waals surface area contributed by atoms with Gasteiger partial charge in [0.05, 0.1) is 44.5 Å². The highest BCUT2D eigenvalue weighted by molar-refractivity contribution is 6.26. The highest BCUT2D eigenvalue weighted by Crippen LogP contribution is 2.43. The Bertz CT molecular complexity index is 3820. The van der Waals surface area contributed by atoms with E-state index in [0.29, 0.717) is 5.82 Å². The van der Waals surface area contributed by atoms with Gasteiger partial charge in [0.1, 0.15) is 0 Å². The van der Waals surface area contributed by atoms with Crippen LogP contribution in [0.15, 0.2) is 224 Å². The minimum Gasteiger partial charge on any atom is -0.309 e. The van der Waals surface area contributed by atoms with E-state index < -0.39 is 0 Å². The molecule has 4 aromatic heterocycles. The monoisotopic (exact) mass is 803 g/mol. The Morgan fingerprint density at radius 3 is 1.48 bits per heavy atom. The Morgan fingerprint density at radius 2 is 0.778 bits per heavy atom. The molecule has 0 amide bonds. The van der Waals surface area contributed by atoms with Crippen LogP contribution in [-0.4, -0.2) is 23.7 Å². The van der Waals surface area contributed by atoms with E-state index in [9.17, 15) is 0 Å². The maximum atomic E-state index is 5.21. The smallest absolute Gasteiger partial charge is 0.160 e. The third-order valence-electron chi connectivity index (χ3n) is 12.6. The Labute approximate surface area is 363 Å². The van der Waals surface area contributed by atoms with Crippen molar-refractivity contribution >= 4 is 65.4 Å². The van der Waals surface area contributed by atoms with E-state index in [1.54, 1.807) is 0 Å².